The van der Waals surface area contributed by atoms with Crippen LogP contribution in [0, 0.1) is 18.7 Å². The van der Waals surface area contributed by atoms with Gasteiger partial charge >= 0.3 is 0 Å². The van der Waals surface area contributed by atoms with Crippen molar-refractivity contribution < 1.29 is 18.7 Å². The third kappa shape index (κ3) is 4.45. The molecule has 0 bridgehead atoms. The molecule has 0 unspecified atom stereocenters. The standard InChI is InChI=1S/C23H24FN3O3S/c1-14-6-7-19(25-12-14)26-22(28)15-8-10-27(11-9-15)23(29)21-16(13-30-2)20-17(24)4-3-5-18(20)31-21/h3-7,12,15H,8-11,13H2,1-2H3,(H,25,26,28). The Bertz CT molecular complexity index is 1110. The lowest BCUT2D eigenvalue weighted by Crippen LogP contribution is -2.41. The van der Waals surface area contributed by atoms with Gasteiger partial charge in [0.1, 0.15) is 11.6 Å². The number of hydrogen-bond donors (Lipinski definition) is 1. The van der Waals surface area contributed by atoms with Crippen molar-refractivity contribution in [3.05, 3.63) is 58.3 Å². The molecule has 1 aliphatic rings. The highest BCUT2D eigenvalue weighted by Gasteiger charge is 2.30. The summed E-state index contributed by atoms with van der Waals surface area (Å²) in [6, 6.07) is 8.54. The number of pyridine rings is 1. The number of piperidine rings is 1. The summed E-state index contributed by atoms with van der Waals surface area (Å²) >= 11 is 1.29. The van der Waals surface area contributed by atoms with Gasteiger partial charge in [0.2, 0.25) is 5.91 Å². The van der Waals surface area contributed by atoms with Gasteiger partial charge in [-0.2, -0.15) is 0 Å². The number of ether oxygens (including phenoxy) is 1. The van der Waals surface area contributed by atoms with Gasteiger partial charge in [0.25, 0.3) is 5.91 Å². The molecule has 6 nitrogen and oxygen atoms in total. The largest absolute Gasteiger partial charge is 0.380 e. The molecule has 0 saturated carbocycles. The minimum absolute atomic E-state index is 0.0764. The Balaban J connectivity index is 1.45. The maximum Gasteiger partial charge on any atom is 0.264 e. The van der Waals surface area contributed by atoms with Crippen molar-refractivity contribution in [2.45, 2.75) is 26.4 Å². The number of fused-ring (bicyclic) bond motifs is 1. The fraction of sp³-hybridized carbons (Fsp3) is 0.348. The van der Waals surface area contributed by atoms with Gasteiger partial charge in [0, 0.05) is 48.0 Å². The molecule has 162 valence electrons. The van der Waals surface area contributed by atoms with E-state index in [1.54, 1.807) is 23.2 Å². The van der Waals surface area contributed by atoms with E-state index in [0.717, 1.165) is 10.3 Å². The van der Waals surface area contributed by atoms with E-state index >= 15 is 0 Å². The van der Waals surface area contributed by atoms with Crippen molar-refractivity contribution in [3.63, 3.8) is 0 Å². The average molecular weight is 442 g/mol. The van der Waals surface area contributed by atoms with E-state index in [0.29, 0.717) is 47.6 Å². The molecule has 1 aliphatic heterocycles. The first-order chi connectivity index (χ1) is 15.0. The van der Waals surface area contributed by atoms with E-state index in [1.807, 2.05) is 19.1 Å². The smallest absolute Gasteiger partial charge is 0.264 e. The van der Waals surface area contributed by atoms with Crippen LogP contribution in [-0.4, -0.2) is 41.9 Å². The van der Waals surface area contributed by atoms with Crippen LogP contribution in [0.2, 0.25) is 0 Å². The van der Waals surface area contributed by atoms with Gasteiger partial charge in [-0.15, -0.1) is 11.3 Å². The first-order valence-electron chi connectivity index (χ1n) is 10.2. The highest BCUT2D eigenvalue weighted by Crippen LogP contribution is 2.35. The van der Waals surface area contributed by atoms with Gasteiger partial charge in [-0.1, -0.05) is 12.1 Å². The Kier molecular flexibility index (Phi) is 6.29. The number of aryl methyl sites for hydroxylation is 1. The molecule has 0 spiro atoms. The maximum absolute atomic E-state index is 14.4. The Hall–Kier alpha value is -2.84. The number of carbonyl (C=O) groups is 2. The van der Waals surface area contributed by atoms with Crippen LogP contribution in [0.4, 0.5) is 10.2 Å². The van der Waals surface area contributed by atoms with E-state index in [4.69, 9.17) is 4.74 Å². The molecular formula is C23H24FN3O3S. The summed E-state index contributed by atoms with van der Waals surface area (Å²) in [5.74, 6) is -0.199. The second-order valence-corrected chi connectivity index (χ2v) is 8.78. The molecule has 4 rings (SSSR count). The Morgan fingerprint density at radius 3 is 2.71 bits per heavy atom. The third-order valence-corrected chi connectivity index (χ3v) is 6.75. The number of likely N-dealkylation sites (tertiary alicyclic amines) is 1. The highest BCUT2D eigenvalue weighted by molar-refractivity contribution is 7.21. The molecule has 1 aromatic carbocycles. The number of amides is 2. The molecule has 31 heavy (non-hydrogen) atoms. The summed E-state index contributed by atoms with van der Waals surface area (Å²) in [6.07, 6.45) is 2.85. The van der Waals surface area contributed by atoms with Gasteiger partial charge in [0.15, 0.2) is 0 Å². The molecule has 0 radical (unpaired) electrons. The number of carbonyl (C=O) groups excluding carboxylic acids is 2. The first kappa shape index (κ1) is 21.4. The zero-order chi connectivity index (χ0) is 22.0. The molecule has 8 heteroatoms. The van der Waals surface area contributed by atoms with Gasteiger partial charge in [-0.05, 0) is 43.5 Å². The van der Waals surface area contributed by atoms with Crippen LogP contribution in [0.15, 0.2) is 36.5 Å². The molecule has 2 aromatic heterocycles. The summed E-state index contributed by atoms with van der Waals surface area (Å²) in [4.78, 5) is 32.3. The Labute approximate surface area is 184 Å². The van der Waals surface area contributed by atoms with Crippen molar-refractivity contribution >= 4 is 39.1 Å². The Morgan fingerprint density at radius 2 is 2.03 bits per heavy atom. The molecule has 1 saturated heterocycles. The van der Waals surface area contributed by atoms with E-state index in [2.05, 4.69) is 10.3 Å². The van der Waals surface area contributed by atoms with Crippen LogP contribution in [0.5, 0.6) is 0 Å². The highest BCUT2D eigenvalue weighted by atomic mass is 32.1. The van der Waals surface area contributed by atoms with Crippen LogP contribution in [-0.2, 0) is 16.1 Å². The summed E-state index contributed by atoms with van der Waals surface area (Å²) in [6.45, 7) is 3.06. The lowest BCUT2D eigenvalue weighted by Gasteiger charge is -2.31. The van der Waals surface area contributed by atoms with E-state index in [-0.39, 0.29) is 30.2 Å². The minimum atomic E-state index is -0.347. The number of halogens is 1. The lowest BCUT2D eigenvalue weighted by atomic mass is 9.95. The van der Waals surface area contributed by atoms with Crippen molar-refractivity contribution in [1.82, 2.24) is 9.88 Å². The fourth-order valence-electron chi connectivity index (χ4n) is 3.88. The topological polar surface area (TPSA) is 71.5 Å². The number of rotatable bonds is 5. The maximum atomic E-state index is 14.4. The molecule has 2 amide bonds. The second-order valence-electron chi connectivity index (χ2n) is 7.73. The van der Waals surface area contributed by atoms with Crippen molar-refractivity contribution in [3.8, 4) is 0 Å². The SMILES string of the molecule is COCc1c(C(=O)N2CCC(C(=O)Nc3ccc(C)cn3)CC2)sc2cccc(F)c12. The number of nitrogens with zero attached hydrogens (tertiary/aromatic N) is 2. The summed E-state index contributed by atoms with van der Waals surface area (Å²) in [5, 5.41) is 3.31. The van der Waals surface area contributed by atoms with Crippen LogP contribution in [0.25, 0.3) is 10.1 Å². The number of hydrogen-bond acceptors (Lipinski definition) is 5. The predicted molar refractivity (Wildman–Crippen MR) is 119 cm³/mol. The molecule has 3 heterocycles. The van der Waals surface area contributed by atoms with E-state index < -0.39 is 0 Å². The van der Waals surface area contributed by atoms with Crippen molar-refractivity contribution in [2.24, 2.45) is 5.92 Å². The summed E-state index contributed by atoms with van der Waals surface area (Å²) in [5.41, 5.74) is 1.62. The number of anilines is 1. The van der Waals surface area contributed by atoms with E-state index in [9.17, 15) is 14.0 Å². The van der Waals surface area contributed by atoms with Crippen LogP contribution in [0.3, 0.4) is 0 Å². The number of thiophene rings is 1. The molecular weight excluding hydrogens is 417 g/mol. The van der Waals surface area contributed by atoms with Gasteiger partial charge < -0.3 is 15.0 Å². The number of aromatic nitrogens is 1. The summed E-state index contributed by atoms with van der Waals surface area (Å²) in [7, 11) is 1.53. The monoisotopic (exact) mass is 441 g/mol. The molecule has 3 aromatic rings. The van der Waals surface area contributed by atoms with Gasteiger partial charge in [0.05, 0.1) is 11.5 Å². The number of nitrogens with one attached hydrogen (secondary N) is 1. The normalized spacial score (nSPS) is 14.7. The lowest BCUT2D eigenvalue weighted by molar-refractivity contribution is -0.121. The zero-order valence-electron chi connectivity index (χ0n) is 17.5. The fourth-order valence-corrected chi connectivity index (χ4v) is 5.07. The molecule has 0 atom stereocenters. The second kappa shape index (κ2) is 9.11. The molecule has 1 N–H and O–H groups in total. The van der Waals surface area contributed by atoms with Crippen LogP contribution >= 0.6 is 11.3 Å². The quantitative estimate of drug-likeness (QED) is 0.638. The number of benzene rings is 1. The molecule has 0 aliphatic carbocycles. The van der Waals surface area contributed by atoms with Crippen molar-refractivity contribution in [2.75, 3.05) is 25.5 Å². The van der Waals surface area contributed by atoms with Crippen molar-refractivity contribution in [1.29, 1.82) is 0 Å². The molecule has 1 fully saturated rings. The van der Waals surface area contributed by atoms with Gasteiger partial charge in [-0.25, -0.2) is 9.37 Å². The van der Waals surface area contributed by atoms with Crippen LogP contribution in [0.1, 0.15) is 33.6 Å². The van der Waals surface area contributed by atoms with Gasteiger partial charge in [-0.3, -0.25) is 9.59 Å². The average Bonchev–Trinajstić information content (AvgIpc) is 3.15. The summed E-state index contributed by atoms with van der Waals surface area (Å²) < 4.78 is 20.4. The number of methoxy groups -OCH3 is 1. The predicted octanol–water partition coefficient (Wildman–Crippen LogP) is 4.38. The minimum Gasteiger partial charge on any atom is -0.380 e. The van der Waals surface area contributed by atoms with E-state index in [1.165, 1.54) is 24.5 Å². The van der Waals surface area contributed by atoms with Crippen LogP contribution < -0.4 is 5.32 Å². The third-order valence-electron chi connectivity index (χ3n) is 5.56. The zero-order valence-corrected chi connectivity index (χ0v) is 18.3. The Morgan fingerprint density at radius 1 is 1.26 bits per heavy atom. The first-order valence-corrected chi connectivity index (χ1v) is 11.0.